The predicted octanol–water partition coefficient (Wildman–Crippen LogP) is 3.34. The van der Waals surface area contributed by atoms with E-state index in [-0.39, 0.29) is 6.04 Å². The van der Waals surface area contributed by atoms with Gasteiger partial charge in [0.05, 0.1) is 5.52 Å². The van der Waals surface area contributed by atoms with E-state index in [0.29, 0.717) is 5.92 Å². The van der Waals surface area contributed by atoms with E-state index >= 15 is 0 Å². The molecule has 1 aromatic carbocycles. The van der Waals surface area contributed by atoms with Crippen molar-refractivity contribution >= 4 is 10.9 Å². The van der Waals surface area contributed by atoms with Crippen molar-refractivity contribution in [2.75, 3.05) is 0 Å². The summed E-state index contributed by atoms with van der Waals surface area (Å²) in [5.74, 6) is 0.667. The fourth-order valence-electron chi connectivity index (χ4n) is 2.67. The van der Waals surface area contributed by atoms with Crippen molar-refractivity contribution in [2.24, 2.45) is 11.7 Å². The van der Waals surface area contributed by atoms with Crippen LogP contribution in [0.1, 0.15) is 36.6 Å². The van der Waals surface area contributed by atoms with Crippen molar-refractivity contribution in [2.45, 2.75) is 32.2 Å². The van der Waals surface area contributed by atoms with Gasteiger partial charge in [0.25, 0.3) is 0 Å². The number of hydrogen-bond acceptors (Lipinski definition) is 2. The van der Waals surface area contributed by atoms with Crippen LogP contribution in [-0.4, -0.2) is 4.98 Å². The first-order valence-electron chi connectivity index (χ1n) is 6.37. The fourth-order valence-corrected chi connectivity index (χ4v) is 2.67. The topological polar surface area (TPSA) is 38.9 Å². The molecule has 0 aliphatic heterocycles. The number of nitrogens with zero attached hydrogens (tertiary/aromatic N) is 1. The molecule has 1 fully saturated rings. The molecule has 3 rings (SSSR count). The second kappa shape index (κ2) is 4.11. The molecule has 2 aromatic rings. The van der Waals surface area contributed by atoms with E-state index in [0.717, 1.165) is 11.2 Å². The van der Waals surface area contributed by atoms with E-state index in [9.17, 15) is 0 Å². The second-order valence-electron chi connectivity index (χ2n) is 5.09. The van der Waals surface area contributed by atoms with Crippen molar-refractivity contribution in [1.29, 1.82) is 0 Å². The molecule has 1 aliphatic rings. The summed E-state index contributed by atoms with van der Waals surface area (Å²) >= 11 is 0. The average Bonchev–Trinajstić information content (AvgIpc) is 2.25. The lowest BCUT2D eigenvalue weighted by atomic mass is 9.77. The molecule has 2 N–H and O–H groups in total. The minimum Gasteiger partial charge on any atom is -0.324 e. The second-order valence-corrected chi connectivity index (χ2v) is 5.09. The summed E-state index contributed by atoms with van der Waals surface area (Å²) < 4.78 is 0. The van der Waals surface area contributed by atoms with E-state index < -0.39 is 0 Å². The smallest absolute Gasteiger partial charge is 0.0708 e. The maximum atomic E-state index is 6.41. The number of aryl methyl sites for hydroxylation is 1. The van der Waals surface area contributed by atoms with Crippen molar-refractivity contribution in [1.82, 2.24) is 4.98 Å². The minimum absolute atomic E-state index is 0.176. The van der Waals surface area contributed by atoms with Crippen LogP contribution >= 0.6 is 0 Å². The molecule has 1 aromatic heterocycles. The summed E-state index contributed by atoms with van der Waals surface area (Å²) in [6, 6.07) is 10.6. The summed E-state index contributed by atoms with van der Waals surface area (Å²) in [4.78, 5) is 4.57. The molecule has 1 heterocycles. The Balaban J connectivity index is 2.13. The van der Waals surface area contributed by atoms with Crippen LogP contribution < -0.4 is 5.73 Å². The van der Waals surface area contributed by atoms with Crippen LogP contribution in [0.15, 0.2) is 30.3 Å². The van der Waals surface area contributed by atoms with Crippen LogP contribution in [-0.2, 0) is 0 Å². The lowest BCUT2D eigenvalue weighted by Gasteiger charge is -2.32. The third kappa shape index (κ3) is 1.83. The van der Waals surface area contributed by atoms with Gasteiger partial charge in [-0.05, 0) is 43.4 Å². The first kappa shape index (κ1) is 10.7. The molecular formula is C15H18N2. The maximum absolute atomic E-state index is 6.41. The van der Waals surface area contributed by atoms with E-state index in [4.69, 9.17) is 5.73 Å². The molecule has 2 heteroatoms. The van der Waals surface area contributed by atoms with Crippen LogP contribution in [0.5, 0.6) is 0 Å². The molecule has 1 aliphatic carbocycles. The van der Waals surface area contributed by atoms with Gasteiger partial charge in [-0.3, -0.25) is 4.98 Å². The SMILES string of the molecule is Cc1cc(C(N)C2CCC2)c2ccccc2n1. The zero-order valence-electron chi connectivity index (χ0n) is 10.2. The zero-order chi connectivity index (χ0) is 11.8. The van der Waals surface area contributed by atoms with Crippen LogP contribution in [0.4, 0.5) is 0 Å². The number of rotatable bonds is 2. The Morgan fingerprint density at radius 1 is 1.29 bits per heavy atom. The minimum atomic E-state index is 0.176. The van der Waals surface area contributed by atoms with Crippen LogP contribution in [0.3, 0.4) is 0 Å². The number of aromatic nitrogens is 1. The number of pyridine rings is 1. The van der Waals surface area contributed by atoms with Crippen LogP contribution in [0.2, 0.25) is 0 Å². The van der Waals surface area contributed by atoms with Crippen molar-refractivity contribution in [3.63, 3.8) is 0 Å². The molecular weight excluding hydrogens is 208 g/mol. The third-order valence-electron chi connectivity index (χ3n) is 3.89. The Morgan fingerprint density at radius 2 is 2.06 bits per heavy atom. The van der Waals surface area contributed by atoms with E-state index in [2.05, 4.69) is 29.2 Å². The van der Waals surface area contributed by atoms with Crippen LogP contribution in [0.25, 0.3) is 10.9 Å². The van der Waals surface area contributed by atoms with Gasteiger partial charge in [-0.2, -0.15) is 0 Å². The molecule has 1 unspecified atom stereocenters. The lowest BCUT2D eigenvalue weighted by Crippen LogP contribution is -2.27. The summed E-state index contributed by atoms with van der Waals surface area (Å²) in [6.07, 6.45) is 3.88. The van der Waals surface area contributed by atoms with Crippen molar-refractivity contribution < 1.29 is 0 Å². The molecule has 17 heavy (non-hydrogen) atoms. The molecule has 0 bridgehead atoms. The van der Waals surface area contributed by atoms with Crippen molar-refractivity contribution in [3.8, 4) is 0 Å². The Bertz CT molecular complexity index is 544. The molecule has 88 valence electrons. The summed E-state index contributed by atoms with van der Waals surface area (Å²) in [5, 5.41) is 1.22. The lowest BCUT2D eigenvalue weighted by molar-refractivity contribution is 0.265. The molecule has 0 radical (unpaired) electrons. The van der Waals surface area contributed by atoms with Gasteiger partial charge in [0, 0.05) is 17.1 Å². The number of nitrogens with two attached hydrogens (primary N) is 1. The molecule has 1 atom stereocenters. The van der Waals surface area contributed by atoms with Gasteiger partial charge < -0.3 is 5.73 Å². The highest BCUT2D eigenvalue weighted by Gasteiger charge is 2.26. The monoisotopic (exact) mass is 226 g/mol. The van der Waals surface area contributed by atoms with Gasteiger partial charge in [0.15, 0.2) is 0 Å². The van der Waals surface area contributed by atoms with Gasteiger partial charge >= 0.3 is 0 Å². The molecule has 0 amide bonds. The van der Waals surface area contributed by atoms with Gasteiger partial charge in [0.2, 0.25) is 0 Å². The molecule has 1 saturated carbocycles. The van der Waals surface area contributed by atoms with E-state index in [1.54, 1.807) is 0 Å². The first-order chi connectivity index (χ1) is 8.25. The van der Waals surface area contributed by atoms with Gasteiger partial charge in [0.1, 0.15) is 0 Å². The summed E-state index contributed by atoms with van der Waals surface area (Å²) in [5.41, 5.74) is 9.81. The van der Waals surface area contributed by atoms with Gasteiger partial charge in [-0.1, -0.05) is 24.6 Å². The highest BCUT2D eigenvalue weighted by Crippen LogP contribution is 2.38. The number of benzene rings is 1. The molecule has 0 spiro atoms. The summed E-state index contributed by atoms with van der Waals surface area (Å²) in [7, 11) is 0. The van der Waals surface area contributed by atoms with Gasteiger partial charge in [-0.15, -0.1) is 0 Å². The Kier molecular flexibility index (Phi) is 2.60. The molecule has 2 nitrogen and oxygen atoms in total. The van der Waals surface area contributed by atoms with Crippen LogP contribution in [0, 0.1) is 12.8 Å². The fraction of sp³-hybridized carbons (Fsp3) is 0.400. The number of para-hydroxylation sites is 1. The van der Waals surface area contributed by atoms with Crippen molar-refractivity contribution in [3.05, 3.63) is 41.6 Å². The van der Waals surface area contributed by atoms with E-state index in [1.165, 1.54) is 30.2 Å². The Hall–Kier alpha value is -1.41. The maximum Gasteiger partial charge on any atom is 0.0708 e. The average molecular weight is 226 g/mol. The third-order valence-corrected chi connectivity index (χ3v) is 3.89. The first-order valence-corrected chi connectivity index (χ1v) is 6.37. The highest BCUT2D eigenvalue weighted by molar-refractivity contribution is 5.82. The Morgan fingerprint density at radius 3 is 2.76 bits per heavy atom. The predicted molar refractivity (Wildman–Crippen MR) is 70.7 cm³/mol. The highest BCUT2D eigenvalue weighted by atomic mass is 14.7. The van der Waals surface area contributed by atoms with E-state index in [1.807, 2.05) is 13.0 Å². The van der Waals surface area contributed by atoms with Gasteiger partial charge in [-0.25, -0.2) is 0 Å². The number of hydrogen-bond donors (Lipinski definition) is 1. The zero-order valence-corrected chi connectivity index (χ0v) is 10.2. The summed E-state index contributed by atoms with van der Waals surface area (Å²) in [6.45, 7) is 2.05. The quantitative estimate of drug-likeness (QED) is 0.853. The number of fused-ring (bicyclic) bond motifs is 1. The standard InChI is InChI=1S/C15H18N2/c1-10-9-13(15(16)11-5-4-6-11)12-7-2-3-8-14(12)17-10/h2-3,7-9,11,15H,4-6,16H2,1H3. The normalized spacial score (nSPS) is 18.0. The molecule has 0 saturated heterocycles. The largest absolute Gasteiger partial charge is 0.324 e. The Labute approximate surface area is 102 Å².